The third-order valence-corrected chi connectivity index (χ3v) is 2.16. The van der Waals surface area contributed by atoms with Crippen LogP contribution in [0.15, 0.2) is 24.3 Å². The molecule has 0 aliphatic carbocycles. The molecular formula is C14H20N2O4. The van der Waals surface area contributed by atoms with Crippen molar-refractivity contribution < 1.29 is 19.4 Å². The lowest BCUT2D eigenvalue weighted by Crippen LogP contribution is -2.30. The van der Waals surface area contributed by atoms with E-state index < -0.39 is 12.0 Å². The van der Waals surface area contributed by atoms with Crippen LogP contribution in [0.1, 0.15) is 27.2 Å². The number of nitrogens with one attached hydrogen (secondary N) is 2. The van der Waals surface area contributed by atoms with Crippen LogP contribution in [0.3, 0.4) is 0 Å². The molecule has 1 aromatic carbocycles. The largest absolute Gasteiger partial charge is 0.488 e. The van der Waals surface area contributed by atoms with E-state index in [0.717, 1.165) is 0 Å². The van der Waals surface area contributed by atoms with Gasteiger partial charge in [-0.15, -0.1) is 0 Å². The van der Waals surface area contributed by atoms with E-state index in [0.29, 0.717) is 11.4 Å². The molecule has 0 saturated carbocycles. The van der Waals surface area contributed by atoms with Crippen LogP contribution in [-0.4, -0.2) is 29.3 Å². The fraction of sp³-hybridized carbons (Fsp3) is 0.429. The maximum atomic E-state index is 11.5. The predicted molar refractivity (Wildman–Crippen MR) is 76.1 cm³/mol. The SMILES string of the molecule is CC(C)(C)Oc1ccc(NC(=O)NCCC(=O)O)cc1. The average molecular weight is 280 g/mol. The summed E-state index contributed by atoms with van der Waals surface area (Å²) in [6, 6.07) is 6.53. The minimum atomic E-state index is -0.950. The maximum Gasteiger partial charge on any atom is 0.319 e. The molecule has 110 valence electrons. The Morgan fingerprint density at radius 3 is 2.30 bits per heavy atom. The molecule has 0 unspecified atom stereocenters. The molecule has 6 heteroatoms. The van der Waals surface area contributed by atoms with Gasteiger partial charge >= 0.3 is 12.0 Å². The molecule has 0 heterocycles. The van der Waals surface area contributed by atoms with Crippen molar-refractivity contribution in [3.05, 3.63) is 24.3 Å². The number of aliphatic carboxylic acids is 1. The van der Waals surface area contributed by atoms with Crippen LogP contribution in [0.5, 0.6) is 5.75 Å². The number of hydrogen-bond donors (Lipinski definition) is 3. The van der Waals surface area contributed by atoms with Crippen LogP contribution >= 0.6 is 0 Å². The summed E-state index contributed by atoms with van der Waals surface area (Å²) < 4.78 is 5.66. The summed E-state index contributed by atoms with van der Waals surface area (Å²) >= 11 is 0. The smallest absolute Gasteiger partial charge is 0.319 e. The van der Waals surface area contributed by atoms with Gasteiger partial charge in [-0.05, 0) is 45.0 Å². The second kappa shape index (κ2) is 6.79. The van der Waals surface area contributed by atoms with Crippen molar-refractivity contribution in [1.82, 2.24) is 5.32 Å². The number of benzene rings is 1. The van der Waals surface area contributed by atoms with E-state index in [1.165, 1.54) is 0 Å². The van der Waals surface area contributed by atoms with Crippen LogP contribution < -0.4 is 15.4 Å². The van der Waals surface area contributed by atoms with Gasteiger partial charge in [0.2, 0.25) is 0 Å². The van der Waals surface area contributed by atoms with Crippen molar-refractivity contribution >= 4 is 17.7 Å². The van der Waals surface area contributed by atoms with Gasteiger partial charge in [-0.3, -0.25) is 4.79 Å². The van der Waals surface area contributed by atoms with Gasteiger partial charge < -0.3 is 20.5 Å². The van der Waals surface area contributed by atoms with E-state index in [-0.39, 0.29) is 18.6 Å². The first-order valence-corrected chi connectivity index (χ1v) is 6.32. The Morgan fingerprint density at radius 1 is 1.20 bits per heavy atom. The zero-order valence-corrected chi connectivity index (χ0v) is 11.9. The molecule has 20 heavy (non-hydrogen) atoms. The number of urea groups is 1. The lowest BCUT2D eigenvalue weighted by Gasteiger charge is -2.21. The van der Waals surface area contributed by atoms with Gasteiger partial charge in [0.25, 0.3) is 0 Å². The fourth-order valence-corrected chi connectivity index (χ4v) is 1.42. The Morgan fingerprint density at radius 2 is 1.80 bits per heavy atom. The van der Waals surface area contributed by atoms with Gasteiger partial charge in [0.15, 0.2) is 0 Å². The van der Waals surface area contributed by atoms with Crippen LogP contribution in [-0.2, 0) is 4.79 Å². The summed E-state index contributed by atoms with van der Waals surface area (Å²) in [5, 5.41) is 13.5. The molecule has 0 radical (unpaired) electrons. The third-order valence-electron chi connectivity index (χ3n) is 2.16. The Balaban J connectivity index is 2.45. The first kappa shape index (κ1) is 15.8. The van der Waals surface area contributed by atoms with Crippen molar-refractivity contribution in [2.24, 2.45) is 0 Å². The second-order valence-corrected chi connectivity index (χ2v) is 5.26. The van der Waals surface area contributed by atoms with E-state index in [1.807, 2.05) is 20.8 Å². The van der Waals surface area contributed by atoms with Crippen molar-refractivity contribution in [2.45, 2.75) is 32.8 Å². The monoisotopic (exact) mass is 280 g/mol. The lowest BCUT2D eigenvalue weighted by molar-refractivity contribution is -0.136. The summed E-state index contributed by atoms with van der Waals surface area (Å²) in [5.41, 5.74) is 0.336. The molecule has 1 rings (SSSR count). The van der Waals surface area contributed by atoms with E-state index in [2.05, 4.69) is 10.6 Å². The second-order valence-electron chi connectivity index (χ2n) is 5.26. The van der Waals surface area contributed by atoms with E-state index in [4.69, 9.17) is 9.84 Å². The number of carboxylic acids is 1. The number of hydrogen-bond acceptors (Lipinski definition) is 3. The summed E-state index contributed by atoms with van der Waals surface area (Å²) in [6.07, 6.45) is -0.105. The van der Waals surface area contributed by atoms with E-state index in [9.17, 15) is 9.59 Å². The van der Waals surface area contributed by atoms with Crippen LogP contribution in [0, 0.1) is 0 Å². The summed E-state index contributed by atoms with van der Waals surface area (Å²) in [6.45, 7) is 5.95. The zero-order valence-electron chi connectivity index (χ0n) is 11.9. The number of carboxylic acid groups (broad SMARTS) is 1. The molecule has 2 amide bonds. The summed E-state index contributed by atoms with van der Waals surface area (Å²) in [5.74, 6) is -0.233. The first-order valence-electron chi connectivity index (χ1n) is 6.32. The Labute approximate surface area is 118 Å². The van der Waals surface area contributed by atoms with Gasteiger partial charge in [-0.2, -0.15) is 0 Å². The molecule has 1 aromatic rings. The number of anilines is 1. The highest BCUT2D eigenvalue weighted by Gasteiger charge is 2.11. The Hall–Kier alpha value is -2.24. The van der Waals surface area contributed by atoms with E-state index in [1.54, 1.807) is 24.3 Å². The fourth-order valence-electron chi connectivity index (χ4n) is 1.42. The minimum Gasteiger partial charge on any atom is -0.488 e. The van der Waals surface area contributed by atoms with Gasteiger partial charge in [0.1, 0.15) is 11.4 Å². The normalized spacial score (nSPS) is 10.8. The Bertz CT molecular complexity index is 463. The van der Waals surface area contributed by atoms with Gasteiger partial charge in [-0.25, -0.2) is 4.79 Å². The van der Waals surface area contributed by atoms with Gasteiger partial charge in [0, 0.05) is 12.2 Å². The average Bonchev–Trinajstić information content (AvgIpc) is 2.29. The van der Waals surface area contributed by atoms with Crippen LogP contribution in [0.25, 0.3) is 0 Å². The van der Waals surface area contributed by atoms with Gasteiger partial charge in [0.05, 0.1) is 6.42 Å². The molecule has 0 saturated heterocycles. The van der Waals surface area contributed by atoms with Crippen LogP contribution in [0.4, 0.5) is 10.5 Å². The molecule has 6 nitrogen and oxygen atoms in total. The molecular weight excluding hydrogens is 260 g/mol. The molecule has 0 aliphatic heterocycles. The van der Waals surface area contributed by atoms with Crippen molar-refractivity contribution in [2.75, 3.05) is 11.9 Å². The predicted octanol–water partition coefficient (Wildman–Crippen LogP) is 2.46. The highest BCUT2D eigenvalue weighted by Crippen LogP contribution is 2.20. The maximum absolute atomic E-state index is 11.5. The molecule has 0 aliphatic rings. The molecule has 0 bridgehead atoms. The highest BCUT2D eigenvalue weighted by molar-refractivity contribution is 5.89. The Kier molecular flexibility index (Phi) is 5.37. The number of carbonyl (C=O) groups excluding carboxylic acids is 1. The van der Waals surface area contributed by atoms with E-state index >= 15 is 0 Å². The molecule has 0 aromatic heterocycles. The minimum absolute atomic E-state index is 0.0897. The van der Waals surface area contributed by atoms with Crippen molar-refractivity contribution in [3.63, 3.8) is 0 Å². The van der Waals surface area contributed by atoms with Crippen LogP contribution in [0.2, 0.25) is 0 Å². The number of ether oxygens (including phenoxy) is 1. The highest BCUT2D eigenvalue weighted by atomic mass is 16.5. The van der Waals surface area contributed by atoms with Crippen molar-refractivity contribution in [3.8, 4) is 5.75 Å². The molecule has 0 fully saturated rings. The quantitative estimate of drug-likeness (QED) is 0.773. The molecule has 0 atom stereocenters. The lowest BCUT2D eigenvalue weighted by atomic mass is 10.2. The van der Waals surface area contributed by atoms with Gasteiger partial charge in [-0.1, -0.05) is 0 Å². The number of amides is 2. The number of rotatable bonds is 5. The zero-order chi connectivity index (χ0) is 15.2. The summed E-state index contributed by atoms with van der Waals surface area (Å²) in [4.78, 5) is 21.8. The molecule has 3 N–H and O–H groups in total. The first-order chi connectivity index (χ1) is 9.26. The molecule has 0 spiro atoms. The standard InChI is InChI=1S/C14H20N2O4/c1-14(2,3)20-11-6-4-10(5-7-11)16-13(19)15-9-8-12(17)18/h4-7H,8-9H2,1-3H3,(H,17,18)(H2,15,16,19). The summed E-state index contributed by atoms with van der Waals surface area (Å²) in [7, 11) is 0. The number of carbonyl (C=O) groups is 2. The topological polar surface area (TPSA) is 87.7 Å². The van der Waals surface area contributed by atoms with Crippen molar-refractivity contribution in [1.29, 1.82) is 0 Å². The third kappa shape index (κ3) is 6.63.